The highest BCUT2D eigenvalue weighted by Crippen LogP contribution is 2.41. The number of carbonyl (C=O) groups is 1. The molecule has 212 valence electrons. The van der Waals surface area contributed by atoms with Gasteiger partial charge in [-0.2, -0.15) is 0 Å². The van der Waals surface area contributed by atoms with Gasteiger partial charge in [0.25, 0.3) is 0 Å². The van der Waals surface area contributed by atoms with Crippen LogP contribution in [-0.2, 0) is 14.3 Å². The Kier molecular flexibility index (Phi) is 9.74. The maximum atomic E-state index is 12.8. The molecular formula is C27H49N5O5. The van der Waals surface area contributed by atoms with Crippen LogP contribution in [0.4, 0.5) is 0 Å². The minimum atomic E-state index is -0.551. The molecule has 0 radical (unpaired) electrons. The summed E-state index contributed by atoms with van der Waals surface area (Å²) in [7, 11) is 0. The molecule has 0 spiro atoms. The van der Waals surface area contributed by atoms with Crippen molar-refractivity contribution in [1.82, 2.24) is 26.2 Å². The molecule has 3 aliphatic heterocycles. The second kappa shape index (κ2) is 13.0. The molecule has 5 fully saturated rings. The molecule has 6 N–H and O–H groups in total. The van der Waals surface area contributed by atoms with Crippen LogP contribution >= 0.6 is 0 Å². The van der Waals surface area contributed by atoms with E-state index in [1.54, 1.807) is 0 Å². The third-order valence-corrected chi connectivity index (χ3v) is 9.56. The Labute approximate surface area is 221 Å². The standard InChI is InChI=1S/C27H49N5O5/c1-17-24-5-7-32(13-19(24)2-3-25(17)36-15-23-12-28-16-37-23)14-22(34)11-30-27(35)18-4-6-29-26(8-18)31-20-9-21(33)10-20/h17-26,28-29,31,33-34H,2-16H2,1H3,(H,30,35)/t17?,18?,19?,20?,21?,22-,23?,24?,25?,26?/m0/s1. The minimum absolute atomic E-state index is 0.0397. The summed E-state index contributed by atoms with van der Waals surface area (Å²) in [6.07, 6.45) is 6.46. The predicted molar refractivity (Wildman–Crippen MR) is 140 cm³/mol. The molecule has 5 rings (SSSR count). The van der Waals surface area contributed by atoms with Crippen LogP contribution in [0.1, 0.15) is 51.9 Å². The van der Waals surface area contributed by atoms with E-state index in [4.69, 9.17) is 9.47 Å². The lowest BCUT2D eigenvalue weighted by Crippen LogP contribution is -2.57. The number of ether oxygens (including phenoxy) is 2. The first-order chi connectivity index (χ1) is 17.9. The summed E-state index contributed by atoms with van der Waals surface area (Å²) >= 11 is 0. The number of carbonyl (C=O) groups excluding carboxylic acids is 1. The van der Waals surface area contributed by atoms with Gasteiger partial charge in [-0.3, -0.25) is 15.4 Å². The largest absolute Gasteiger partial charge is 0.393 e. The van der Waals surface area contributed by atoms with E-state index in [0.29, 0.717) is 56.3 Å². The van der Waals surface area contributed by atoms with Gasteiger partial charge in [0.15, 0.2) is 0 Å². The summed E-state index contributed by atoms with van der Waals surface area (Å²) in [5.74, 6) is 1.90. The Bertz CT molecular complexity index is 734. The van der Waals surface area contributed by atoms with Crippen LogP contribution in [0.2, 0.25) is 0 Å². The third kappa shape index (κ3) is 7.42. The first-order valence-corrected chi connectivity index (χ1v) is 14.7. The van der Waals surface area contributed by atoms with Crippen molar-refractivity contribution in [2.24, 2.45) is 23.7 Å². The molecule has 0 aromatic rings. The van der Waals surface area contributed by atoms with Gasteiger partial charge in [0.1, 0.15) is 0 Å². The van der Waals surface area contributed by atoms with E-state index in [9.17, 15) is 15.0 Å². The molecular weight excluding hydrogens is 474 g/mol. The van der Waals surface area contributed by atoms with E-state index < -0.39 is 6.10 Å². The molecule has 3 heterocycles. The van der Waals surface area contributed by atoms with Crippen molar-refractivity contribution in [3.8, 4) is 0 Å². The van der Waals surface area contributed by atoms with Crippen LogP contribution < -0.4 is 21.3 Å². The highest BCUT2D eigenvalue weighted by molar-refractivity contribution is 5.78. The van der Waals surface area contributed by atoms with Gasteiger partial charge in [0, 0.05) is 38.1 Å². The second-order valence-electron chi connectivity index (χ2n) is 12.3. The Morgan fingerprint density at radius 2 is 2.08 bits per heavy atom. The molecule has 0 aromatic carbocycles. The van der Waals surface area contributed by atoms with Crippen molar-refractivity contribution in [2.45, 2.75) is 88.5 Å². The number of likely N-dealkylation sites (tertiary alicyclic amines) is 1. The van der Waals surface area contributed by atoms with E-state index in [1.807, 2.05) is 0 Å². The zero-order valence-corrected chi connectivity index (χ0v) is 22.4. The number of amides is 1. The van der Waals surface area contributed by atoms with E-state index >= 15 is 0 Å². The van der Waals surface area contributed by atoms with Gasteiger partial charge in [-0.15, -0.1) is 0 Å². The van der Waals surface area contributed by atoms with Gasteiger partial charge in [0.2, 0.25) is 5.91 Å². The summed E-state index contributed by atoms with van der Waals surface area (Å²) in [4.78, 5) is 15.2. The molecule has 0 aromatic heterocycles. The van der Waals surface area contributed by atoms with Gasteiger partial charge in [-0.05, 0) is 75.8 Å². The quantitative estimate of drug-likeness (QED) is 0.227. The molecule has 10 heteroatoms. The fourth-order valence-electron chi connectivity index (χ4n) is 7.25. The number of nitrogens with one attached hydrogen (secondary N) is 4. The van der Waals surface area contributed by atoms with Gasteiger partial charge >= 0.3 is 0 Å². The van der Waals surface area contributed by atoms with Crippen LogP contribution in [-0.4, -0.2) is 110 Å². The maximum absolute atomic E-state index is 12.8. The van der Waals surface area contributed by atoms with Crippen molar-refractivity contribution in [3.05, 3.63) is 0 Å². The number of piperidine rings is 2. The molecule has 1 amide bonds. The van der Waals surface area contributed by atoms with Gasteiger partial charge in [-0.1, -0.05) is 6.92 Å². The smallest absolute Gasteiger partial charge is 0.223 e. The van der Waals surface area contributed by atoms with E-state index in [0.717, 1.165) is 64.7 Å². The lowest BCUT2D eigenvalue weighted by atomic mass is 9.68. The normalized spacial score (nSPS) is 41.5. The average Bonchev–Trinajstić information content (AvgIpc) is 3.40. The van der Waals surface area contributed by atoms with Gasteiger partial charge in [-0.25, -0.2) is 0 Å². The summed E-state index contributed by atoms with van der Waals surface area (Å²) in [5.41, 5.74) is 0. The predicted octanol–water partition coefficient (Wildman–Crippen LogP) is -0.399. The molecule has 37 heavy (non-hydrogen) atoms. The highest BCUT2D eigenvalue weighted by atomic mass is 16.5. The monoisotopic (exact) mass is 523 g/mol. The molecule has 10 nitrogen and oxygen atoms in total. The van der Waals surface area contributed by atoms with Crippen molar-refractivity contribution in [3.63, 3.8) is 0 Å². The van der Waals surface area contributed by atoms with Gasteiger partial charge in [0.05, 0.1) is 43.9 Å². The lowest BCUT2D eigenvalue weighted by molar-refractivity contribution is -0.127. The van der Waals surface area contributed by atoms with Crippen molar-refractivity contribution >= 4 is 5.91 Å². The minimum Gasteiger partial charge on any atom is -0.393 e. The Morgan fingerprint density at radius 3 is 2.86 bits per heavy atom. The summed E-state index contributed by atoms with van der Waals surface area (Å²) in [5, 5.41) is 33.4. The number of aliphatic hydroxyl groups excluding tert-OH is 2. The number of nitrogens with zero attached hydrogens (tertiary/aromatic N) is 1. The topological polar surface area (TPSA) is 127 Å². The second-order valence-corrected chi connectivity index (χ2v) is 12.3. The highest BCUT2D eigenvalue weighted by Gasteiger charge is 2.41. The number of hydrogen-bond acceptors (Lipinski definition) is 9. The van der Waals surface area contributed by atoms with Crippen molar-refractivity contribution < 1.29 is 24.5 Å². The summed E-state index contributed by atoms with van der Waals surface area (Å²) in [6.45, 7) is 8.30. The Balaban J connectivity index is 0.985. The molecule has 3 saturated heterocycles. The number of β-amino-alcohol motifs (C(OH)–C–C–N with tert-alkyl or cyclic N) is 1. The summed E-state index contributed by atoms with van der Waals surface area (Å²) < 4.78 is 11.9. The van der Waals surface area contributed by atoms with E-state index in [2.05, 4.69) is 33.1 Å². The number of hydrogen-bond donors (Lipinski definition) is 6. The van der Waals surface area contributed by atoms with Crippen molar-refractivity contribution in [2.75, 3.05) is 52.6 Å². The van der Waals surface area contributed by atoms with Gasteiger partial charge < -0.3 is 35.2 Å². The maximum Gasteiger partial charge on any atom is 0.223 e. The van der Waals surface area contributed by atoms with Crippen molar-refractivity contribution in [1.29, 1.82) is 0 Å². The Morgan fingerprint density at radius 1 is 1.22 bits per heavy atom. The van der Waals surface area contributed by atoms with E-state index in [1.165, 1.54) is 6.42 Å². The van der Waals surface area contributed by atoms with E-state index in [-0.39, 0.29) is 30.2 Å². The Hall–Kier alpha value is -0.850. The van der Waals surface area contributed by atoms with Crippen LogP contribution in [0.15, 0.2) is 0 Å². The third-order valence-electron chi connectivity index (χ3n) is 9.56. The zero-order valence-electron chi connectivity index (χ0n) is 22.4. The fourth-order valence-corrected chi connectivity index (χ4v) is 7.25. The summed E-state index contributed by atoms with van der Waals surface area (Å²) in [6, 6.07) is 0.343. The molecule has 2 saturated carbocycles. The number of aliphatic hydroxyl groups is 2. The van der Waals surface area contributed by atoms with Crippen LogP contribution in [0, 0.1) is 23.7 Å². The van der Waals surface area contributed by atoms with Crippen LogP contribution in [0.5, 0.6) is 0 Å². The lowest BCUT2D eigenvalue weighted by Gasteiger charge is -2.47. The first-order valence-electron chi connectivity index (χ1n) is 14.7. The number of fused-ring (bicyclic) bond motifs is 1. The number of rotatable bonds is 10. The van der Waals surface area contributed by atoms with Crippen LogP contribution in [0.3, 0.4) is 0 Å². The zero-order chi connectivity index (χ0) is 25.8. The average molecular weight is 524 g/mol. The molecule has 0 bridgehead atoms. The molecule has 8 atom stereocenters. The molecule has 2 aliphatic carbocycles. The van der Waals surface area contributed by atoms with Crippen LogP contribution in [0.25, 0.3) is 0 Å². The SMILES string of the molecule is CC1C(OCC2CNCO2)CCC2CN(C[C@@H](O)CNC(=O)C3CCNC(NC4CC(O)C4)C3)CCC21. The molecule has 7 unspecified atom stereocenters. The fraction of sp³-hybridized carbons (Fsp3) is 0.963. The molecule has 5 aliphatic rings. The first kappa shape index (κ1) is 27.7.